The van der Waals surface area contributed by atoms with E-state index in [0.717, 1.165) is 24.2 Å². The van der Waals surface area contributed by atoms with E-state index in [1.807, 2.05) is 30.4 Å². The Morgan fingerprint density at radius 3 is 2.44 bits per heavy atom. The van der Waals surface area contributed by atoms with Gasteiger partial charge in [0, 0.05) is 30.4 Å². The molecule has 0 spiro atoms. The summed E-state index contributed by atoms with van der Waals surface area (Å²) >= 11 is 0. The van der Waals surface area contributed by atoms with E-state index >= 15 is 0 Å². The first-order valence-corrected chi connectivity index (χ1v) is 12.5. The smallest absolute Gasteiger partial charge is 0.430 e. The molecule has 2 aromatic rings. The molecule has 0 aromatic heterocycles. The molecule has 3 aliphatic rings. The second kappa shape index (κ2) is 12.3. The van der Waals surface area contributed by atoms with E-state index in [-0.39, 0.29) is 23.8 Å². The van der Waals surface area contributed by atoms with E-state index in [2.05, 4.69) is 5.10 Å². The summed E-state index contributed by atoms with van der Waals surface area (Å²) < 4.78 is 46.2. The third-order valence-electron chi connectivity index (χ3n) is 6.50. The van der Waals surface area contributed by atoms with Gasteiger partial charge in [-0.05, 0) is 37.1 Å². The van der Waals surface area contributed by atoms with Crippen molar-refractivity contribution in [3.63, 3.8) is 0 Å². The Morgan fingerprint density at radius 1 is 1.05 bits per heavy atom. The van der Waals surface area contributed by atoms with Crippen LogP contribution in [0.5, 0.6) is 0 Å². The number of nitrogens with zero attached hydrogens (tertiary/aromatic N) is 3. The number of alkyl halides is 3. The number of aliphatic carboxylic acids is 1. The fraction of sp³-hybridized carbons (Fsp3) is 0.250. The van der Waals surface area contributed by atoms with Crippen molar-refractivity contribution in [2.45, 2.75) is 25.6 Å². The topological polar surface area (TPSA) is 115 Å². The molecule has 2 heterocycles. The molecular weight excluding hydrogens is 548 g/mol. The zero-order valence-corrected chi connectivity index (χ0v) is 21.5. The van der Waals surface area contributed by atoms with Gasteiger partial charge in [-0.1, -0.05) is 35.5 Å². The number of para-hydroxylation sites is 1. The Balaban J connectivity index is 0.000000493. The summed E-state index contributed by atoms with van der Waals surface area (Å²) in [4.78, 5) is 49.8. The van der Waals surface area contributed by atoms with Crippen LogP contribution in [-0.4, -0.2) is 65.4 Å². The van der Waals surface area contributed by atoms with Crippen LogP contribution in [0.1, 0.15) is 39.1 Å². The van der Waals surface area contributed by atoms with Gasteiger partial charge in [0.2, 0.25) is 11.7 Å². The number of Topliss-reactive ketones (excluding diaryl/α,β-unsaturated/α-hetero) is 1. The lowest BCUT2D eigenvalue weighted by Gasteiger charge is -2.35. The highest BCUT2D eigenvalue weighted by Crippen LogP contribution is 2.21. The van der Waals surface area contributed by atoms with Crippen LogP contribution in [0.3, 0.4) is 0 Å². The van der Waals surface area contributed by atoms with Crippen LogP contribution >= 0.6 is 0 Å². The molecule has 0 bridgehead atoms. The number of piperazine rings is 1. The van der Waals surface area contributed by atoms with E-state index in [0.29, 0.717) is 35.8 Å². The van der Waals surface area contributed by atoms with Gasteiger partial charge in [-0.2, -0.15) is 18.2 Å². The molecule has 0 saturated carbocycles. The molecule has 214 valence electrons. The number of halogens is 4. The van der Waals surface area contributed by atoms with Gasteiger partial charge in [-0.15, -0.1) is 0 Å². The van der Waals surface area contributed by atoms with E-state index in [1.165, 1.54) is 23.2 Å². The minimum Gasteiger partial charge on any atom is -0.542 e. The fourth-order valence-corrected chi connectivity index (χ4v) is 4.50. The zero-order valence-electron chi connectivity index (χ0n) is 21.5. The molecule has 13 heteroatoms. The molecule has 0 radical (unpaired) electrons. The first kappa shape index (κ1) is 29.3. The maximum absolute atomic E-state index is 14.7. The summed E-state index contributed by atoms with van der Waals surface area (Å²) in [5, 5.41) is 13.8. The first-order chi connectivity index (χ1) is 19.5. The molecule has 2 aliphatic heterocycles. The van der Waals surface area contributed by atoms with Crippen LogP contribution in [0.2, 0.25) is 0 Å². The monoisotopic (exact) mass is 572 g/mol. The van der Waals surface area contributed by atoms with Crippen molar-refractivity contribution in [1.29, 1.82) is 0 Å². The predicted octanol–water partition coefficient (Wildman–Crippen LogP) is 1.54. The number of hydrogen-bond donors (Lipinski definition) is 1. The fourth-order valence-electron chi connectivity index (χ4n) is 4.50. The largest absolute Gasteiger partial charge is 0.542 e. The van der Waals surface area contributed by atoms with Crippen molar-refractivity contribution in [2.75, 3.05) is 19.6 Å². The van der Waals surface area contributed by atoms with Gasteiger partial charge in [0.25, 0.3) is 5.91 Å². The number of ketones is 1. The standard InChI is InChI=1S/C26H23FN4O3.C2HF3O2/c27-22-11-10-18(16-31-23-9-5-4-8-20(23)24(32)15-28-31)14-21(22)26(34)29-12-13-30(25(33)17-29)19-6-2-1-3-7-19;3-2(4,5)1(6)7/h2,4-11,14-15H,1,3,12-13,16-17H2;(H,6,7). The number of nitrogens with one attached hydrogen (secondary N) is 1. The highest BCUT2D eigenvalue weighted by atomic mass is 19.4. The molecule has 9 nitrogen and oxygen atoms in total. The molecule has 1 fully saturated rings. The second-order valence-corrected chi connectivity index (χ2v) is 9.27. The van der Waals surface area contributed by atoms with Gasteiger partial charge in [0.1, 0.15) is 31.1 Å². The number of benzene rings is 2. The lowest BCUT2D eigenvalue weighted by Crippen LogP contribution is -3.01. The Hall–Kier alpha value is -4.65. The molecule has 41 heavy (non-hydrogen) atoms. The number of quaternary nitrogens is 1. The summed E-state index contributed by atoms with van der Waals surface area (Å²) in [5.41, 5.74) is 2.80. The summed E-state index contributed by atoms with van der Waals surface area (Å²) in [7, 11) is 0. The lowest BCUT2D eigenvalue weighted by atomic mass is 10.1. The Labute approximate surface area is 231 Å². The molecule has 1 aliphatic carbocycles. The molecule has 1 N–H and O–H groups in total. The maximum atomic E-state index is 14.7. The molecule has 1 saturated heterocycles. The van der Waals surface area contributed by atoms with Crippen molar-refractivity contribution in [3.8, 4) is 0 Å². The quantitative estimate of drug-likeness (QED) is 0.559. The summed E-state index contributed by atoms with van der Waals surface area (Å²) in [6.45, 7) is 0.954. The second-order valence-electron chi connectivity index (χ2n) is 9.27. The molecule has 1 atom stereocenters. The SMILES string of the molecule is O=C([O-])C(F)(F)F.O=C1C=N[NH+](Cc2ccc(F)c(C(=O)N3CCN(C4=CCCC=C4)C(=O)C3)c2)c2ccccc21. The Bertz CT molecular complexity index is 1470. The number of carboxylic acid groups (broad SMARTS) is 1. The van der Waals surface area contributed by atoms with E-state index < -0.39 is 23.9 Å². The summed E-state index contributed by atoms with van der Waals surface area (Å²) in [5.74, 6) is -4.48. The van der Waals surface area contributed by atoms with E-state index in [1.54, 1.807) is 23.1 Å². The van der Waals surface area contributed by atoms with Crippen LogP contribution in [0.15, 0.2) is 71.5 Å². The molecular formula is C28H24F4N4O5. The van der Waals surface area contributed by atoms with Crippen LogP contribution < -0.4 is 10.1 Å². The van der Waals surface area contributed by atoms with Crippen molar-refractivity contribution in [3.05, 3.63) is 88.9 Å². The van der Waals surface area contributed by atoms with Crippen LogP contribution in [0.4, 0.5) is 23.2 Å². The number of carboxylic acids is 1. The first-order valence-electron chi connectivity index (χ1n) is 12.5. The molecule has 2 aromatic carbocycles. The lowest BCUT2D eigenvalue weighted by molar-refractivity contribution is -0.854. The average Bonchev–Trinajstić information content (AvgIpc) is 2.95. The third-order valence-corrected chi connectivity index (χ3v) is 6.50. The van der Waals surface area contributed by atoms with E-state index in [4.69, 9.17) is 9.90 Å². The molecule has 5 rings (SSSR count). The maximum Gasteiger partial charge on any atom is 0.430 e. The highest BCUT2D eigenvalue weighted by molar-refractivity contribution is 6.36. The number of hydrogen-bond acceptors (Lipinski definition) is 6. The number of carbonyl (C=O) groups excluding carboxylic acids is 4. The van der Waals surface area contributed by atoms with Gasteiger partial charge in [0.15, 0.2) is 5.69 Å². The van der Waals surface area contributed by atoms with Gasteiger partial charge in [-0.25, -0.2) is 4.39 Å². The van der Waals surface area contributed by atoms with Crippen molar-refractivity contribution in [1.82, 2.24) is 9.80 Å². The van der Waals surface area contributed by atoms with Gasteiger partial charge in [0.05, 0.1) is 11.1 Å². The van der Waals surface area contributed by atoms with Gasteiger partial charge in [-0.3, -0.25) is 14.4 Å². The van der Waals surface area contributed by atoms with Crippen molar-refractivity contribution in [2.24, 2.45) is 5.10 Å². The number of carbonyl (C=O) groups is 4. The normalized spacial score (nSPS) is 18.3. The minimum absolute atomic E-state index is 0.0692. The molecule has 2 amide bonds. The van der Waals surface area contributed by atoms with Crippen LogP contribution in [-0.2, 0) is 16.1 Å². The van der Waals surface area contributed by atoms with Crippen molar-refractivity contribution >= 4 is 35.5 Å². The van der Waals surface area contributed by atoms with Crippen LogP contribution in [0, 0.1) is 5.82 Å². The molecule has 1 unspecified atom stereocenters. The minimum atomic E-state index is -5.19. The van der Waals surface area contributed by atoms with E-state index in [9.17, 15) is 31.9 Å². The number of allylic oxidation sites excluding steroid dienone is 3. The predicted molar refractivity (Wildman–Crippen MR) is 135 cm³/mol. The zero-order chi connectivity index (χ0) is 29.7. The highest BCUT2D eigenvalue weighted by Gasteiger charge is 2.31. The Morgan fingerprint density at radius 2 is 1.78 bits per heavy atom. The average molecular weight is 573 g/mol. The number of fused-ring (bicyclic) bond motifs is 1. The van der Waals surface area contributed by atoms with Crippen LogP contribution in [0.25, 0.3) is 0 Å². The van der Waals surface area contributed by atoms with Gasteiger partial charge >= 0.3 is 6.18 Å². The van der Waals surface area contributed by atoms with Gasteiger partial charge < -0.3 is 19.7 Å². The number of amides is 2. The third kappa shape index (κ3) is 6.92. The number of rotatable bonds is 4. The van der Waals surface area contributed by atoms with Crippen molar-refractivity contribution < 1.29 is 46.9 Å². The summed E-state index contributed by atoms with van der Waals surface area (Å²) in [6, 6.07) is 11.6. The summed E-state index contributed by atoms with van der Waals surface area (Å²) in [6.07, 6.45) is 3.92. The Kier molecular flexibility index (Phi) is 8.77.